The van der Waals surface area contributed by atoms with Gasteiger partial charge < -0.3 is 19.5 Å². The molecule has 1 N–H and O–H groups in total. The van der Waals surface area contributed by atoms with E-state index in [2.05, 4.69) is 0 Å². The van der Waals surface area contributed by atoms with E-state index in [0.29, 0.717) is 35.6 Å². The van der Waals surface area contributed by atoms with Gasteiger partial charge in [0.2, 0.25) is 5.91 Å². The van der Waals surface area contributed by atoms with E-state index in [1.54, 1.807) is 36.2 Å². The van der Waals surface area contributed by atoms with Crippen LogP contribution in [0.3, 0.4) is 0 Å². The largest absolute Gasteiger partial charge is 0.389 e. The number of amides is 2. The monoisotopic (exact) mass is 505 g/mol. The van der Waals surface area contributed by atoms with Crippen LogP contribution in [0.4, 0.5) is 13.2 Å². The number of hydrogen-bond donors (Lipinski definition) is 1. The van der Waals surface area contributed by atoms with Crippen molar-refractivity contribution in [2.45, 2.75) is 63.4 Å². The van der Waals surface area contributed by atoms with Crippen LogP contribution in [0.15, 0.2) is 35.3 Å². The van der Waals surface area contributed by atoms with Crippen LogP contribution in [0.5, 0.6) is 0 Å². The van der Waals surface area contributed by atoms with Gasteiger partial charge in [-0.1, -0.05) is 25.1 Å². The number of alkyl halides is 3. The summed E-state index contributed by atoms with van der Waals surface area (Å²) in [5, 5.41) is 13.0. The molecule has 7 nitrogen and oxygen atoms in total. The highest BCUT2D eigenvalue weighted by Gasteiger charge is 2.59. The predicted octanol–water partition coefficient (Wildman–Crippen LogP) is 3.18. The van der Waals surface area contributed by atoms with E-state index >= 15 is 0 Å². The van der Waals surface area contributed by atoms with Crippen molar-refractivity contribution < 1.29 is 27.9 Å². The smallest absolute Gasteiger partial charge is 0.387 e. The zero-order chi connectivity index (χ0) is 26.0. The Bertz CT molecular complexity index is 1290. The predicted molar refractivity (Wildman–Crippen MR) is 126 cm³/mol. The van der Waals surface area contributed by atoms with Crippen molar-refractivity contribution in [3.8, 4) is 0 Å². The Labute approximate surface area is 206 Å². The lowest BCUT2D eigenvalue weighted by Crippen LogP contribution is -2.63. The number of aliphatic hydroxyl groups is 1. The fourth-order valence-electron chi connectivity index (χ4n) is 6.62. The first-order chi connectivity index (χ1) is 16.8. The maximum Gasteiger partial charge on any atom is 0.389 e. The quantitative estimate of drug-likeness (QED) is 0.680. The summed E-state index contributed by atoms with van der Waals surface area (Å²) in [4.78, 5) is 43.0. The van der Waals surface area contributed by atoms with Crippen molar-refractivity contribution in [2.24, 2.45) is 11.3 Å². The summed E-state index contributed by atoms with van der Waals surface area (Å²) >= 11 is 0. The number of hydrogen-bond acceptors (Lipinski definition) is 4. The molecule has 4 bridgehead atoms. The first-order valence-electron chi connectivity index (χ1n) is 12.3. The van der Waals surface area contributed by atoms with Crippen LogP contribution >= 0.6 is 0 Å². The molecule has 3 heterocycles. The second-order valence-electron chi connectivity index (χ2n) is 10.9. The normalized spacial score (nSPS) is 29.3. The van der Waals surface area contributed by atoms with Crippen LogP contribution in [0.25, 0.3) is 10.8 Å². The number of halogens is 3. The number of aromatic nitrogens is 1. The number of pyridine rings is 1. The molecule has 1 aromatic heterocycles. The second-order valence-corrected chi connectivity index (χ2v) is 10.9. The van der Waals surface area contributed by atoms with Crippen LogP contribution in [0.2, 0.25) is 0 Å². The number of fused-ring (bicyclic) bond motifs is 5. The number of benzene rings is 1. The molecule has 2 aliphatic heterocycles. The second kappa shape index (κ2) is 8.33. The summed E-state index contributed by atoms with van der Waals surface area (Å²) in [7, 11) is 1.70. The van der Waals surface area contributed by atoms with E-state index < -0.39 is 35.4 Å². The number of rotatable bonds is 2. The molecular weight excluding hydrogens is 475 g/mol. The topological polar surface area (TPSA) is 82.9 Å². The van der Waals surface area contributed by atoms with Crippen molar-refractivity contribution >= 4 is 22.6 Å². The summed E-state index contributed by atoms with van der Waals surface area (Å²) in [6.07, 6.45) is -2.51. The van der Waals surface area contributed by atoms with Crippen molar-refractivity contribution in [2.75, 3.05) is 20.1 Å². The zero-order valence-electron chi connectivity index (χ0n) is 20.3. The lowest BCUT2D eigenvalue weighted by atomic mass is 9.65. The van der Waals surface area contributed by atoms with Gasteiger partial charge in [-0.2, -0.15) is 13.2 Å². The molecule has 1 saturated carbocycles. The molecule has 3 aliphatic rings. The van der Waals surface area contributed by atoms with E-state index in [9.17, 15) is 32.7 Å². The lowest BCUT2D eigenvalue weighted by molar-refractivity contribution is -0.173. The van der Waals surface area contributed by atoms with Gasteiger partial charge in [-0.15, -0.1) is 0 Å². The van der Waals surface area contributed by atoms with Gasteiger partial charge in [-0.25, -0.2) is 0 Å². The molecule has 5 rings (SSSR count). The minimum atomic E-state index is -4.45. The lowest BCUT2D eigenvalue weighted by Gasteiger charge is -2.53. The molecule has 1 aliphatic carbocycles. The third kappa shape index (κ3) is 3.90. The molecule has 0 radical (unpaired) electrons. The fraction of sp³-hybridized carbons (Fsp3) is 0.577. The Kier molecular flexibility index (Phi) is 5.74. The van der Waals surface area contributed by atoms with Crippen molar-refractivity contribution in [1.82, 2.24) is 14.4 Å². The van der Waals surface area contributed by atoms with E-state index in [4.69, 9.17) is 0 Å². The van der Waals surface area contributed by atoms with Gasteiger partial charge in [-0.3, -0.25) is 14.4 Å². The van der Waals surface area contributed by atoms with Gasteiger partial charge in [-0.05, 0) is 31.7 Å². The Morgan fingerprint density at radius 1 is 1.17 bits per heavy atom. The first-order valence-corrected chi connectivity index (χ1v) is 12.3. The molecule has 2 fully saturated rings. The maximum absolute atomic E-state index is 13.5. The van der Waals surface area contributed by atoms with Crippen molar-refractivity contribution in [1.29, 1.82) is 0 Å². The molecule has 36 heavy (non-hydrogen) atoms. The highest BCUT2D eigenvalue weighted by molar-refractivity contribution is 6.06. The highest BCUT2D eigenvalue weighted by atomic mass is 19.4. The number of piperidine rings is 1. The Hall–Kier alpha value is -2.88. The highest BCUT2D eigenvalue weighted by Crippen LogP contribution is 2.53. The standard InChI is InChI=1S/C26H30F3N3O4/c1-16(11-26(27,28)29)21(33)31-10-9-25(36)15-32-13-20(18-5-3-4-6-19(18)23(32)35)22(34)30(2)17-7-8-24(25,12-17)14-31/h3-6,13,16-17,36H,7-12,14-15H2,1-2H3/t16-,17?,24?,25?/m1/s1. The van der Waals surface area contributed by atoms with Crippen LogP contribution in [0.1, 0.15) is 49.4 Å². The van der Waals surface area contributed by atoms with E-state index in [0.717, 1.165) is 0 Å². The third-order valence-corrected chi connectivity index (χ3v) is 8.65. The molecule has 2 aromatic rings. The first kappa shape index (κ1) is 24.8. The van der Waals surface area contributed by atoms with E-state index in [-0.39, 0.29) is 43.6 Å². The summed E-state index contributed by atoms with van der Waals surface area (Å²) < 4.78 is 40.2. The van der Waals surface area contributed by atoms with Crippen LogP contribution in [0, 0.1) is 11.3 Å². The van der Waals surface area contributed by atoms with Gasteiger partial charge in [0.1, 0.15) is 0 Å². The molecule has 194 valence electrons. The van der Waals surface area contributed by atoms with Gasteiger partial charge in [0.15, 0.2) is 0 Å². The van der Waals surface area contributed by atoms with Crippen molar-refractivity contribution in [3.05, 3.63) is 46.4 Å². The molecule has 1 spiro atoms. The van der Waals surface area contributed by atoms with Crippen molar-refractivity contribution in [3.63, 3.8) is 0 Å². The SMILES string of the molecule is C[C@H](CC(F)(F)F)C(=O)N1CCC2(O)Cn3cc(c4ccccc4c3=O)C(=O)N(C)C3CCC2(C3)C1. The number of carbonyl (C=O) groups is 2. The van der Waals surface area contributed by atoms with Gasteiger partial charge in [0, 0.05) is 54.5 Å². The minimum Gasteiger partial charge on any atom is -0.387 e. The molecule has 1 aromatic carbocycles. The molecule has 1 saturated heterocycles. The summed E-state index contributed by atoms with van der Waals surface area (Å²) in [5.41, 5.74) is -2.14. The van der Waals surface area contributed by atoms with E-state index in [1.165, 1.54) is 22.6 Å². The average Bonchev–Trinajstić information content (AvgIpc) is 3.25. The summed E-state index contributed by atoms with van der Waals surface area (Å²) in [5.74, 6) is -2.03. The molecular formula is C26H30F3N3O4. The zero-order valence-corrected chi connectivity index (χ0v) is 20.3. The molecule has 2 amide bonds. The molecule has 3 unspecified atom stereocenters. The maximum atomic E-state index is 13.5. The fourth-order valence-corrected chi connectivity index (χ4v) is 6.62. The molecule has 10 heteroatoms. The Balaban J connectivity index is 1.57. The van der Waals surface area contributed by atoms with E-state index in [1.807, 2.05) is 0 Å². The summed E-state index contributed by atoms with van der Waals surface area (Å²) in [6, 6.07) is 6.70. The van der Waals surface area contributed by atoms with Gasteiger partial charge in [0.05, 0.1) is 24.1 Å². The Morgan fingerprint density at radius 3 is 2.56 bits per heavy atom. The van der Waals surface area contributed by atoms with Crippen LogP contribution < -0.4 is 5.56 Å². The Morgan fingerprint density at radius 2 is 1.86 bits per heavy atom. The number of carbonyl (C=O) groups excluding carboxylic acids is 2. The van der Waals surface area contributed by atoms with Gasteiger partial charge in [0.25, 0.3) is 11.5 Å². The number of likely N-dealkylation sites (tertiary alicyclic amines) is 1. The number of nitrogens with zero attached hydrogens (tertiary/aromatic N) is 3. The average molecular weight is 506 g/mol. The van der Waals surface area contributed by atoms with Crippen LogP contribution in [-0.2, 0) is 11.3 Å². The molecule has 4 atom stereocenters. The van der Waals surface area contributed by atoms with Gasteiger partial charge >= 0.3 is 6.18 Å². The third-order valence-electron chi connectivity index (χ3n) is 8.65. The van der Waals surface area contributed by atoms with Crippen LogP contribution in [-0.4, -0.2) is 69.2 Å². The minimum absolute atomic E-state index is 0.0481. The summed E-state index contributed by atoms with van der Waals surface area (Å²) in [6.45, 7) is 1.43.